The normalized spacial score (nSPS) is 15.8. The number of aromatic amines is 1. The van der Waals surface area contributed by atoms with E-state index >= 15 is 4.39 Å². The molecule has 1 fully saturated rings. The Morgan fingerprint density at radius 1 is 0.948 bits per heavy atom. The second-order valence-electron chi connectivity index (χ2n) is 21.4. The van der Waals surface area contributed by atoms with Gasteiger partial charge >= 0.3 is 0 Å². The van der Waals surface area contributed by atoms with E-state index in [-0.39, 0.29) is 66.8 Å². The molecule has 4 amide bonds. The van der Waals surface area contributed by atoms with Crippen LogP contribution >= 0.6 is 11.3 Å². The maximum atomic E-state index is 15.5. The predicted molar refractivity (Wildman–Crippen MR) is 293 cm³/mol. The van der Waals surface area contributed by atoms with Crippen LogP contribution in [0.3, 0.4) is 0 Å². The monoisotopic (exact) mass is 1100 g/mol. The number of anilines is 2. The molecule has 1 saturated heterocycles. The zero-order valence-electron chi connectivity index (χ0n) is 44.3. The van der Waals surface area contributed by atoms with Gasteiger partial charge in [0.25, 0.3) is 11.5 Å². The highest BCUT2D eigenvalue weighted by atomic mass is 32.2. The summed E-state index contributed by atoms with van der Waals surface area (Å²) >= 11 is 1.56. The van der Waals surface area contributed by atoms with Gasteiger partial charge in [-0.2, -0.15) is 0 Å². The lowest BCUT2D eigenvalue weighted by Gasteiger charge is -2.35. The number of H-pyrrole nitrogens is 1. The molecule has 2 aromatic carbocycles. The number of sulfone groups is 1. The third kappa shape index (κ3) is 13.3. The number of benzene rings is 2. The van der Waals surface area contributed by atoms with Crippen LogP contribution in [0, 0.1) is 24.0 Å². The number of likely N-dealkylation sites (tertiary alicyclic amines) is 1. The Morgan fingerprint density at radius 3 is 2.31 bits per heavy atom. The summed E-state index contributed by atoms with van der Waals surface area (Å²) in [4.78, 5) is 83.4. The van der Waals surface area contributed by atoms with Gasteiger partial charge in [0.2, 0.25) is 17.7 Å². The fraction of sp³-hybridized carbons (Fsp3) is 0.446. The Kier molecular flexibility index (Phi) is 17.4. The lowest BCUT2D eigenvalue weighted by atomic mass is 9.85. The molecule has 2 aliphatic heterocycles. The summed E-state index contributed by atoms with van der Waals surface area (Å²) in [5, 5.41) is 20.0. The van der Waals surface area contributed by atoms with Gasteiger partial charge in [0, 0.05) is 86.3 Å². The van der Waals surface area contributed by atoms with E-state index in [4.69, 9.17) is 0 Å². The van der Waals surface area contributed by atoms with E-state index in [1.54, 1.807) is 42.4 Å². The molecule has 3 atom stereocenters. The van der Waals surface area contributed by atoms with Gasteiger partial charge < -0.3 is 40.4 Å². The molecule has 0 bridgehead atoms. The molecule has 0 aliphatic carbocycles. The number of β-amino-alcohol motifs (C(OH)–C–C–N with tert-alkyl or cyclic N) is 1. The van der Waals surface area contributed by atoms with E-state index in [9.17, 15) is 41.9 Å². The van der Waals surface area contributed by atoms with Gasteiger partial charge in [-0.3, -0.25) is 24.0 Å². The molecule has 77 heavy (non-hydrogen) atoms. The van der Waals surface area contributed by atoms with Crippen LogP contribution in [0.5, 0.6) is 0 Å². The third-order valence-corrected chi connectivity index (χ3v) is 16.1. The zero-order chi connectivity index (χ0) is 55.3. The number of nitrogens with one attached hydrogen (secondary N) is 4. The van der Waals surface area contributed by atoms with Crippen LogP contribution in [0.1, 0.15) is 118 Å². The fourth-order valence-electron chi connectivity index (χ4n) is 10.3. The summed E-state index contributed by atoms with van der Waals surface area (Å²) in [6, 6.07) is 9.87. The van der Waals surface area contributed by atoms with Crippen LogP contribution in [-0.2, 0) is 50.1 Å². The van der Waals surface area contributed by atoms with Crippen molar-refractivity contribution in [3.05, 3.63) is 117 Å². The van der Waals surface area contributed by atoms with Crippen molar-refractivity contribution in [1.82, 2.24) is 40.4 Å². The van der Waals surface area contributed by atoms with E-state index in [1.165, 1.54) is 20.4 Å². The number of aromatic nitrogens is 4. The first-order valence-corrected chi connectivity index (χ1v) is 29.0. The van der Waals surface area contributed by atoms with Crippen LogP contribution in [0.15, 0.2) is 71.4 Å². The van der Waals surface area contributed by atoms with Crippen LogP contribution in [-0.4, -0.2) is 99.1 Å². The number of amides is 4. The number of hydrogen-bond acceptors (Lipinski definition) is 12. The number of halogens is 2. The number of aryl methyl sites for hydroxylation is 2. The molecule has 21 heteroatoms. The van der Waals surface area contributed by atoms with Crippen LogP contribution in [0.2, 0.25) is 0 Å². The molecule has 6 aromatic rings. The maximum absolute atomic E-state index is 15.5. The van der Waals surface area contributed by atoms with Gasteiger partial charge in [-0.1, -0.05) is 83.6 Å². The van der Waals surface area contributed by atoms with Crippen molar-refractivity contribution < 1.29 is 41.5 Å². The molecule has 410 valence electrons. The molecule has 6 heterocycles. The van der Waals surface area contributed by atoms with Gasteiger partial charge in [-0.15, -0.1) is 11.3 Å². The molecule has 0 saturated carbocycles. The first kappa shape index (κ1) is 56.4. The molecular weight excluding hydrogens is 1030 g/mol. The Balaban J connectivity index is 0.795. The molecule has 8 rings (SSSR count). The van der Waals surface area contributed by atoms with Crippen molar-refractivity contribution in [2.75, 3.05) is 24.2 Å². The Labute approximate surface area is 450 Å². The SMILES string of the molecule is Cc1ncsc1-c1ccc(CNC(=O)[C@@H]2C[C@@H](O)CN2C(=O)[C@@H](NC(=O)CCCCCCCCCCNC(=O)c2cc3c(cc2CS(C)(=O)=O)-c2cn(C)c(=O)c4[nH]cc(c24)CN3c2ncc(F)cc2F)C(C)(C)C)cc1. The predicted octanol–water partition coefficient (Wildman–Crippen LogP) is 7.88. The number of unbranched alkanes of at least 4 members (excludes halogenated alkanes) is 7. The highest BCUT2D eigenvalue weighted by molar-refractivity contribution is 7.89. The van der Waals surface area contributed by atoms with Gasteiger partial charge in [-0.25, -0.2) is 27.2 Å². The number of carbonyl (C=O) groups is 4. The van der Waals surface area contributed by atoms with E-state index < -0.39 is 62.6 Å². The van der Waals surface area contributed by atoms with Crippen LogP contribution in [0.25, 0.3) is 32.5 Å². The number of aliphatic hydroxyl groups is 1. The van der Waals surface area contributed by atoms with Crippen molar-refractivity contribution in [3.8, 4) is 21.6 Å². The van der Waals surface area contributed by atoms with E-state index in [0.29, 0.717) is 58.7 Å². The molecule has 2 aliphatic rings. The molecule has 17 nitrogen and oxygen atoms in total. The molecule has 4 aromatic heterocycles. The number of thiazole rings is 1. The van der Waals surface area contributed by atoms with E-state index in [2.05, 4.69) is 30.9 Å². The minimum Gasteiger partial charge on any atom is -0.391 e. The highest BCUT2D eigenvalue weighted by Crippen LogP contribution is 2.45. The van der Waals surface area contributed by atoms with Crippen molar-refractivity contribution in [1.29, 1.82) is 0 Å². The number of nitrogens with zero attached hydrogens (tertiary/aromatic N) is 5. The Morgan fingerprint density at radius 2 is 1.65 bits per heavy atom. The van der Waals surface area contributed by atoms with Crippen molar-refractivity contribution in [3.63, 3.8) is 0 Å². The number of rotatable bonds is 21. The second-order valence-corrected chi connectivity index (χ2v) is 24.4. The summed E-state index contributed by atoms with van der Waals surface area (Å²) in [5.74, 6) is -4.07. The topological polar surface area (TPSA) is 229 Å². The average molecular weight is 1100 g/mol. The van der Waals surface area contributed by atoms with Gasteiger partial charge in [0.15, 0.2) is 21.5 Å². The summed E-state index contributed by atoms with van der Waals surface area (Å²) in [5.41, 5.74) is 6.21. The fourth-order valence-corrected chi connectivity index (χ4v) is 11.9. The minimum absolute atomic E-state index is 0.00574. The first-order chi connectivity index (χ1) is 36.6. The molecular formula is C56H67F2N9O8S2. The molecule has 5 N–H and O–H groups in total. The lowest BCUT2D eigenvalue weighted by Crippen LogP contribution is -2.57. The highest BCUT2D eigenvalue weighted by Gasteiger charge is 2.44. The molecule has 0 unspecified atom stereocenters. The smallest absolute Gasteiger partial charge is 0.274 e. The molecule has 0 radical (unpaired) electrons. The summed E-state index contributed by atoms with van der Waals surface area (Å²) in [7, 11) is -2.09. The summed E-state index contributed by atoms with van der Waals surface area (Å²) < 4.78 is 56.7. The van der Waals surface area contributed by atoms with Crippen LogP contribution in [0.4, 0.5) is 20.3 Å². The molecule has 0 spiro atoms. The second kappa shape index (κ2) is 23.8. The van der Waals surface area contributed by atoms with Gasteiger partial charge in [0.05, 0.1) is 46.4 Å². The number of pyridine rings is 2. The summed E-state index contributed by atoms with van der Waals surface area (Å²) in [6.07, 6.45) is 11.2. The Bertz CT molecular complexity index is 3350. The van der Waals surface area contributed by atoms with Crippen LogP contribution < -0.4 is 26.4 Å². The third-order valence-electron chi connectivity index (χ3n) is 14.3. The van der Waals surface area contributed by atoms with Gasteiger partial charge in [-0.05, 0) is 59.6 Å². The standard InChI is InChI=1S/C56H67F2N9O8S2/c1-33-49(76-32-63-33)35-18-16-34(17-19-35)25-62-53(71)45-23-39(68)29-67(45)55(73)50(56(2,3)4)64-46(69)15-13-11-9-7-8-10-12-14-20-59-52(70)40-24-44-41(21-36(40)31-77(6,74)75)42-30-65(5)54(72)48-47(42)37(26-60-48)28-66(44)51-43(58)22-38(57)27-61-51/h16-19,21-22,24,26-27,30,32,39,45,50,60,68H,7-15,20,23,25,28-29,31H2,1-6H3,(H,59,70)(H,62,71)(H,64,69)/t39-,45+,50-/m1/s1. The van der Waals surface area contributed by atoms with Gasteiger partial charge in [0.1, 0.15) is 23.4 Å². The van der Waals surface area contributed by atoms with Crippen molar-refractivity contribution >= 4 is 67.2 Å². The van der Waals surface area contributed by atoms with Crippen molar-refractivity contribution in [2.45, 2.75) is 129 Å². The number of aliphatic hydroxyl groups excluding tert-OH is 1. The first-order valence-electron chi connectivity index (χ1n) is 26.0. The zero-order valence-corrected chi connectivity index (χ0v) is 45.9. The largest absolute Gasteiger partial charge is 0.391 e. The van der Waals surface area contributed by atoms with E-state index in [1.807, 2.05) is 52.0 Å². The summed E-state index contributed by atoms with van der Waals surface area (Å²) in [6.45, 7) is 8.07. The number of fused-ring (bicyclic) bond motifs is 2. The minimum atomic E-state index is -3.67. The quantitative estimate of drug-likeness (QED) is 0.0436. The lowest BCUT2D eigenvalue weighted by molar-refractivity contribution is -0.144. The average Bonchev–Trinajstić information content (AvgIpc) is 4.17. The van der Waals surface area contributed by atoms with Crippen molar-refractivity contribution in [2.24, 2.45) is 12.5 Å². The van der Waals surface area contributed by atoms with E-state index in [0.717, 1.165) is 72.7 Å². The number of carbonyl (C=O) groups excluding carboxylic acids is 4. The Hall–Kier alpha value is -6.84. The number of hydrogen-bond donors (Lipinski definition) is 5. The maximum Gasteiger partial charge on any atom is 0.274 e.